The third-order valence-corrected chi connectivity index (χ3v) is 4.23. The molecule has 0 aliphatic heterocycles. The minimum absolute atomic E-state index is 0.264. The Labute approximate surface area is 154 Å². The van der Waals surface area contributed by atoms with E-state index >= 15 is 0 Å². The highest BCUT2D eigenvalue weighted by Gasteiger charge is 2.11. The Kier molecular flexibility index (Phi) is 5.53. The van der Waals surface area contributed by atoms with Crippen LogP contribution in [0.15, 0.2) is 53.9 Å². The molecule has 1 aromatic heterocycles. The van der Waals surface area contributed by atoms with Gasteiger partial charge in [-0.3, -0.25) is 4.79 Å². The summed E-state index contributed by atoms with van der Waals surface area (Å²) in [6.07, 6.45) is 0. The van der Waals surface area contributed by atoms with E-state index in [1.807, 2.05) is 31.2 Å². The van der Waals surface area contributed by atoms with Crippen LogP contribution in [-0.4, -0.2) is 17.5 Å². The summed E-state index contributed by atoms with van der Waals surface area (Å²) < 4.78 is 5.38. The molecule has 0 bridgehead atoms. The smallest absolute Gasteiger partial charge is 0.275 e. The molecule has 1 heterocycles. The van der Waals surface area contributed by atoms with Crippen molar-refractivity contribution in [3.05, 3.63) is 64.6 Å². The van der Waals surface area contributed by atoms with Crippen LogP contribution in [0.2, 0.25) is 5.02 Å². The fraction of sp³-hybridized carbons (Fsp3) is 0.111. The maximum absolute atomic E-state index is 12.3. The first kappa shape index (κ1) is 17.3. The molecule has 0 spiro atoms. The third kappa shape index (κ3) is 4.71. The Bertz CT molecular complexity index is 865. The van der Waals surface area contributed by atoms with E-state index < -0.39 is 0 Å². The van der Waals surface area contributed by atoms with Gasteiger partial charge < -0.3 is 15.4 Å². The van der Waals surface area contributed by atoms with Crippen molar-refractivity contribution in [3.8, 4) is 5.75 Å². The zero-order valence-corrected chi connectivity index (χ0v) is 15.0. The number of carbonyl (C=O) groups is 1. The molecule has 2 aromatic carbocycles. The van der Waals surface area contributed by atoms with Crippen LogP contribution in [0.1, 0.15) is 17.4 Å². The summed E-state index contributed by atoms with van der Waals surface area (Å²) in [7, 11) is 0. The highest BCUT2D eigenvalue weighted by Crippen LogP contribution is 2.24. The number of anilines is 3. The molecular formula is C18H16ClN3O2S. The van der Waals surface area contributed by atoms with E-state index in [1.165, 1.54) is 11.3 Å². The van der Waals surface area contributed by atoms with Crippen molar-refractivity contribution >= 4 is 45.4 Å². The van der Waals surface area contributed by atoms with E-state index in [0.29, 0.717) is 28.1 Å². The second kappa shape index (κ2) is 8.00. The van der Waals surface area contributed by atoms with Gasteiger partial charge in [0.05, 0.1) is 6.61 Å². The number of nitrogens with one attached hydrogen (secondary N) is 2. The van der Waals surface area contributed by atoms with Crippen LogP contribution in [0.3, 0.4) is 0 Å². The highest BCUT2D eigenvalue weighted by molar-refractivity contribution is 7.14. The minimum atomic E-state index is -0.264. The number of carbonyl (C=O) groups excluding carboxylic acids is 1. The maximum atomic E-state index is 12.3. The number of nitrogens with zero attached hydrogens (tertiary/aromatic N) is 1. The number of rotatable bonds is 6. The van der Waals surface area contributed by atoms with Gasteiger partial charge in [-0.05, 0) is 49.4 Å². The predicted molar refractivity (Wildman–Crippen MR) is 102 cm³/mol. The zero-order valence-electron chi connectivity index (χ0n) is 13.5. The Balaban J connectivity index is 1.64. The van der Waals surface area contributed by atoms with Gasteiger partial charge >= 0.3 is 0 Å². The predicted octanol–water partition coefficient (Wildman–Crippen LogP) is 5.19. The summed E-state index contributed by atoms with van der Waals surface area (Å²) >= 11 is 7.31. The third-order valence-electron chi connectivity index (χ3n) is 3.24. The summed E-state index contributed by atoms with van der Waals surface area (Å²) in [6.45, 7) is 2.53. The van der Waals surface area contributed by atoms with Gasteiger partial charge in [-0.25, -0.2) is 4.98 Å². The Hall–Kier alpha value is -2.57. The van der Waals surface area contributed by atoms with E-state index in [4.69, 9.17) is 16.3 Å². The zero-order chi connectivity index (χ0) is 17.6. The summed E-state index contributed by atoms with van der Waals surface area (Å²) in [6, 6.07) is 14.5. The van der Waals surface area contributed by atoms with Crippen LogP contribution in [0.4, 0.5) is 16.5 Å². The number of benzene rings is 2. The largest absolute Gasteiger partial charge is 0.494 e. The molecule has 0 fully saturated rings. The number of amides is 1. The summed E-state index contributed by atoms with van der Waals surface area (Å²) in [4.78, 5) is 16.6. The van der Waals surface area contributed by atoms with Gasteiger partial charge in [-0.15, -0.1) is 11.3 Å². The first-order chi connectivity index (χ1) is 12.1. The molecule has 0 aliphatic carbocycles. The molecule has 0 unspecified atom stereocenters. The standard InChI is InChI=1S/C18H16ClN3O2S/c1-2-24-15-8-6-13(7-9-15)20-17(23)16-11-25-18(22-16)21-14-5-3-4-12(19)10-14/h3-11H,2H2,1H3,(H,20,23)(H,21,22). The molecule has 5 nitrogen and oxygen atoms in total. The van der Waals surface area contributed by atoms with Crippen LogP contribution in [0.25, 0.3) is 0 Å². The number of thiazole rings is 1. The van der Waals surface area contributed by atoms with E-state index in [9.17, 15) is 4.79 Å². The minimum Gasteiger partial charge on any atom is -0.494 e. The van der Waals surface area contributed by atoms with E-state index in [1.54, 1.807) is 29.6 Å². The van der Waals surface area contributed by atoms with Gasteiger partial charge in [0.2, 0.25) is 0 Å². The molecule has 0 saturated carbocycles. The second-order valence-corrected chi connectivity index (χ2v) is 6.38. The molecule has 3 rings (SSSR count). The molecule has 1 amide bonds. The lowest BCUT2D eigenvalue weighted by Gasteiger charge is -2.06. The van der Waals surface area contributed by atoms with Crippen molar-refractivity contribution in [1.82, 2.24) is 4.98 Å². The van der Waals surface area contributed by atoms with Gasteiger partial charge in [0.15, 0.2) is 5.13 Å². The Morgan fingerprint density at radius 1 is 1.20 bits per heavy atom. The van der Waals surface area contributed by atoms with Crippen molar-refractivity contribution in [2.45, 2.75) is 6.92 Å². The van der Waals surface area contributed by atoms with Gasteiger partial charge in [0.25, 0.3) is 5.91 Å². The van der Waals surface area contributed by atoms with Crippen LogP contribution < -0.4 is 15.4 Å². The topological polar surface area (TPSA) is 63.2 Å². The summed E-state index contributed by atoms with van der Waals surface area (Å²) in [5.74, 6) is 0.502. The van der Waals surface area contributed by atoms with E-state index in [-0.39, 0.29) is 5.91 Å². The quantitative estimate of drug-likeness (QED) is 0.624. The summed E-state index contributed by atoms with van der Waals surface area (Å²) in [5, 5.41) is 8.91. The first-order valence-corrected chi connectivity index (χ1v) is 8.92. The first-order valence-electron chi connectivity index (χ1n) is 7.66. The second-order valence-electron chi connectivity index (χ2n) is 5.08. The fourth-order valence-electron chi connectivity index (χ4n) is 2.12. The Morgan fingerprint density at radius 2 is 2.00 bits per heavy atom. The lowest BCUT2D eigenvalue weighted by atomic mass is 10.3. The molecule has 0 atom stereocenters. The van der Waals surface area contributed by atoms with Crippen molar-refractivity contribution in [2.24, 2.45) is 0 Å². The fourth-order valence-corrected chi connectivity index (χ4v) is 3.02. The van der Waals surface area contributed by atoms with Crippen LogP contribution in [-0.2, 0) is 0 Å². The molecule has 7 heteroatoms. The maximum Gasteiger partial charge on any atom is 0.275 e. The summed E-state index contributed by atoms with van der Waals surface area (Å²) in [5.41, 5.74) is 1.86. The number of hydrogen-bond acceptors (Lipinski definition) is 5. The SMILES string of the molecule is CCOc1ccc(NC(=O)c2csc(Nc3cccc(Cl)c3)n2)cc1. The van der Waals surface area contributed by atoms with Crippen LogP contribution >= 0.6 is 22.9 Å². The van der Waals surface area contributed by atoms with Crippen LogP contribution in [0, 0.1) is 0 Å². The number of halogens is 1. The lowest BCUT2D eigenvalue weighted by molar-refractivity contribution is 0.102. The molecule has 2 N–H and O–H groups in total. The van der Waals surface area contributed by atoms with Gasteiger partial charge in [-0.1, -0.05) is 17.7 Å². The van der Waals surface area contributed by atoms with Gasteiger partial charge in [0.1, 0.15) is 11.4 Å². The average Bonchev–Trinajstić information content (AvgIpc) is 3.05. The van der Waals surface area contributed by atoms with Gasteiger partial charge in [-0.2, -0.15) is 0 Å². The number of hydrogen-bond donors (Lipinski definition) is 2. The van der Waals surface area contributed by atoms with E-state index in [2.05, 4.69) is 15.6 Å². The van der Waals surface area contributed by atoms with E-state index in [0.717, 1.165) is 11.4 Å². The normalized spacial score (nSPS) is 10.3. The number of aromatic nitrogens is 1. The molecule has 128 valence electrons. The average molecular weight is 374 g/mol. The van der Waals surface area contributed by atoms with Crippen molar-refractivity contribution < 1.29 is 9.53 Å². The van der Waals surface area contributed by atoms with Crippen molar-refractivity contribution in [2.75, 3.05) is 17.2 Å². The molecule has 3 aromatic rings. The monoisotopic (exact) mass is 373 g/mol. The van der Waals surface area contributed by atoms with Crippen LogP contribution in [0.5, 0.6) is 5.75 Å². The molecule has 0 radical (unpaired) electrons. The highest BCUT2D eigenvalue weighted by atomic mass is 35.5. The van der Waals surface area contributed by atoms with Crippen molar-refractivity contribution in [1.29, 1.82) is 0 Å². The molecular weight excluding hydrogens is 358 g/mol. The number of ether oxygens (including phenoxy) is 1. The molecule has 25 heavy (non-hydrogen) atoms. The molecule has 0 saturated heterocycles. The Morgan fingerprint density at radius 3 is 2.72 bits per heavy atom. The lowest BCUT2D eigenvalue weighted by Crippen LogP contribution is -2.12. The molecule has 0 aliphatic rings. The van der Waals surface area contributed by atoms with Crippen molar-refractivity contribution in [3.63, 3.8) is 0 Å². The van der Waals surface area contributed by atoms with Gasteiger partial charge in [0, 0.05) is 21.8 Å².